The molecule has 0 saturated carbocycles. The lowest BCUT2D eigenvalue weighted by molar-refractivity contribution is -0.587. The van der Waals surface area contributed by atoms with Crippen LogP contribution in [0.4, 0.5) is 49.1 Å². The Hall–Kier alpha value is -0.970. The maximum Gasteiger partial charge on any atom is 0.452 e. The highest BCUT2D eigenvalue weighted by Gasteiger charge is 2.71. The fraction of sp³-hybridized carbons (Fsp3) is 1.00. The van der Waals surface area contributed by atoms with Crippen molar-refractivity contribution in [1.29, 1.82) is 0 Å². The molecular formula is C2F11N5. The quantitative estimate of drug-likeness (QED) is 0.323. The zero-order chi connectivity index (χ0) is 14.9. The minimum absolute atomic E-state index is 3.45. The van der Waals surface area contributed by atoms with Crippen molar-refractivity contribution in [3.8, 4) is 0 Å². The van der Waals surface area contributed by atoms with Gasteiger partial charge in [-0.15, -0.1) is 4.48 Å². The first-order valence-electron chi connectivity index (χ1n) is 3.24. The summed E-state index contributed by atoms with van der Waals surface area (Å²) in [6.07, 6.45) is -6.51. The Morgan fingerprint density at radius 2 is 0.778 bits per heavy atom. The van der Waals surface area contributed by atoms with Crippen molar-refractivity contribution in [2.75, 3.05) is 0 Å². The van der Waals surface area contributed by atoms with E-state index in [0.717, 1.165) is 0 Å². The van der Waals surface area contributed by atoms with Gasteiger partial charge in [0.1, 0.15) is 5.34 Å². The average molecular weight is 303 g/mol. The van der Waals surface area contributed by atoms with Crippen molar-refractivity contribution in [3.63, 3.8) is 0 Å². The molecule has 0 saturated heterocycles. The summed E-state index contributed by atoms with van der Waals surface area (Å²) in [6.45, 7) is 0. The molecule has 0 atom stereocenters. The van der Waals surface area contributed by atoms with Crippen LogP contribution in [-0.2, 0) is 0 Å². The molecule has 0 heterocycles. The molecule has 0 aliphatic heterocycles. The predicted molar refractivity (Wildman–Crippen MR) is 26.8 cm³/mol. The Kier molecular flexibility index (Phi) is 5.06. The van der Waals surface area contributed by atoms with Crippen LogP contribution in [0.3, 0.4) is 0 Å². The van der Waals surface area contributed by atoms with Gasteiger partial charge in [0, 0.05) is 5.12 Å². The van der Waals surface area contributed by atoms with Gasteiger partial charge in [0.05, 0.1) is 16.0 Å². The lowest BCUT2D eigenvalue weighted by Crippen LogP contribution is -2.70. The van der Waals surface area contributed by atoms with Crippen LogP contribution in [0, 0.1) is 0 Å². The number of alkyl halides is 2. The van der Waals surface area contributed by atoms with E-state index in [2.05, 4.69) is 0 Å². The zero-order valence-electron chi connectivity index (χ0n) is 7.39. The topological polar surface area (TPSA) is 16.2 Å². The third-order valence-electron chi connectivity index (χ3n) is 1.38. The molecule has 0 rings (SSSR count). The average Bonchev–Trinajstić information content (AvgIpc) is 2.15. The SMILES string of the molecule is FN(F)C(F)(F)N(F)C(N(F)F)(N(F)F)N(F)F. The third-order valence-corrected chi connectivity index (χ3v) is 1.38. The maximum absolute atomic E-state index is 12.5. The summed E-state index contributed by atoms with van der Waals surface area (Å²) in [4.78, 5) is 0. The predicted octanol–water partition coefficient (Wildman–Crippen LogP) is 2.62. The number of rotatable bonds is 6. The molecule has 5 nitrogen and oxygen atoms in total. The summed E-state index contributed by atoms with van der Waals surface area (Å²) < 4.78 is 130. The van der Waals surface area contributed by atoms with Crippen LogP contribution >= 0.6 is 0 Å². The minimum Gasteiger partial charge on any atom is -0.164 e. The van der Waals surface area contributed by atoms with E-state index in [4.69, 9.17) is 0 Å². The Labute approximate surface area is 89.1 Å². The summed E-state index contributed by atoms with van der Waals surface area (Å²) in [5.41, 5.74) is 0. The van der Waals surface area contributed by atoms with Crippen molar-refractivity contribution in [2.45, 2.75) is 12.1 Å². The van der Waals surface area contributed by atoms with Gasteiger partial charge in [0.2, 0.25) is 0 Å². The van der Waals surface area contributed by atoms with Crippen molar-refractivity contribution >= 4 is 0 Å². The summed E-state index contributed by atoms with van der Waals surface area (Å²) in [5.74, 6) is -6.18. The van der Waals surface area contributed by atoms with Gasteiger partial charge in [-0.05, 0) is 0 Å². The molecule has 0 aliphatic carbocycles. The number of hydrogen-bond acceptors (Lipinski definition) is 5. The fourth-order valence-corrected chi connectivity index (χ4v) is 0.617. The summed E-state index contributed by atoms with van der Waals surface area (Å²) in [5, 5.41) is -17.3. The molecule has 0 bridgehead atoms. The van der Waals surface area contributed by atoms with Gasteiger partial charge in [-0.3, -0.25) is 0 Å². The molecule has 0 spiro atoms. The molecule has 0 N–H and O–H groups in total. The zero-order valence-corrected chi connectivity index (χ0v) is 7.39. The van der Waals surface area contributed by atoms with Gasteiger partial charge in [0.15, 0.2) is 0 Å². The Balaban J connectivity index is 5.74. The standard InChI is InChI=1S/C2F11N5/c3-1(4,15(6)7)14(5)2(16(8)9,17(10)11)18(12)13. The van der Waals surface area contributed by atoms with E-state index in [-0.39, 0.29) is 0 Å². The van der Waals surface area contributed by atoms with E-state index in [9.17, 15) is 49.1 Å². The second-order valence-electron chi connectivity index (χ2n) is 2.32. The van der Waals surface area contributed by atoms with Crippen molar-refractivity contribution in [3.05, 3.63) is 0 Å². The van der Waals surface area contributed by atoms with E-state index < -0.39 is 38.6 Å². The second kappa shape index (κ2) is 5.34. The monoisotopic (exact) mass is 303 g/mol. The van der Waals surface area contributed by atoms with Crippen molar-refractivity contribution in [1.82, 2.24) is 26.5 Å². The molecule has 0 aromatic carbocycles. The van der Waals surface area contributed by atoms with E-state index in [1.54, 1.807) is 0 Å². The van der Waals surface area contributed by atoms with Gasteiger partial charge in [-0.2, -0.15) is 8.78 Å². The Bertz CT molecular complexity index is 244. The van der Waals surface area contributed by atoms with Gasteiger partial charge in [-0.1, -0.05) is 35.9 Å². The van der Waals surface area contributed by atoms with E-state index in [1.165, 1.54) is 0 Å². The largest absolute Gasteiger partial charge is 0.452 e. The fourth-order valence-electron chi connectivity index (χ4n) is 0.617. The molecule has 0 radical (unpaired) electrons. The molecule has 0 aromatic rings. The number of hydrogen-bond donors (Lipinski definition) is 0. The van der Waals surface area contributed by atoms with Crippen LogP contribution in [0.1, 0.15) is 0 Å². The Morgan fingerprint density at radius 3 is 0.944 bits per heavy atom. The maximum atomic E-state index is 12.5. The summed E-state index contributed by atoms with van der Waals surface area (Å²) in [7, 11) is 0. The van der Waals surface area contributed by atoms with Gasteiger partial charge >= 0.3 is 12.1 Å². The van der Waals surface area contributed by atoms with E-state index in [0.29, 0.717) is 0 Å². The molecule has 0 aromatic heterocycles. The molecule has 0 aliphatic rings. The highest BCUT2D eigenvalue weighted by molar-refractivity contribution is 4.70. The van der Waals surface area contributed by atoms with Crippen LogP contribution in [0.15, 0.2) is 0 Å². The van der Waals surface area contributed by atoms with Gasteiger partial charge < -0.3 is 0 Å². The van der Waals surface area contributed by atoms with E-state index in [1.807, 2.05) is 0 Å². The summed E-state index contributed by atoms with van der Waals surface area (Å²) >= 11 is 0. The first kappa shape index (κ1) is 17.0. The lowest BCUT2D eigenvalue weighted by atomic mass is 10.6. The van der Waals surface area contributed by atoms with Crippen molar-refractivity contribution < 1.29 is 49.1 Å². The summed E-state index contributed by atoms with van der Waals surface area (Å²) in [6, 6.07) is 0. The van der Waals surface area contributed by atoms with Crippen LogP contribution < -0.4 is 0 Å². The molecule has 16 heteroatoms. The molecule has 0 fully saturated rings. The third kappa shape index (κ3) is 2.41. The van der Waals surface area contributed by atoms with Crippen LogP contribution in [0.25, 0.3) is 0 Å². The molecule has 110 valence electrons. The van der Waals surface area contributed by atoms with Crippen LogP contribution in [-0.4, -0.2) is 38.6 Å². The van der Waals surface area contributed by atoms with Crippen LogP contribution in [0.5, 0.6) is 0 Å². The minimum atomic E-state index is -6.51. The molecule has 0 amide bonds. The van der Waals surface area contributed by atoms with E-state index >= 15 is 0 Å². The first-order chi connectivity index (χ1) is 7.93. The Morgan fingerprint density at radius 1 is 0.500 bits per heavy atom. The highest BCUT2D eigenvalue weighted by atomic mass is 19.4. The highest BCUT2D eigenvalue weighted by Crippen LogP contribution is 2.40. The smallest absolute Gasteiger partial charge is 0.164 e. The van der Waals surface area contributed by atoms with Gasteiger partial charge in [-0.25, -0.2) is 0 Å². The van der Waals surface area contributed by atoms with Gasteiger partial charge in [0.25, 0.3) is 0 Å². The molecular weight excluding hydrogens is 303 g/mol. The van der Waals surface area contributed by atoms with Crippen LogP contribution in [0.2, 0.25) is 0 Å². The molecule has 0 unspecified atom stereocenters. The number of halogens is 11. The number of nitrogens with zero attached hydrogens (tertiary/aromatic N) is 5. The first-order valence-corrected chi connectivity index (χ1v) is 3.24. The lowest BCUT2D eigenvalue weighted by Gasteiger charge is -2.37. The van der Waals surface area contributed by atoms with Crippen molar-refractivity contribution in [2.24, 2.45) is 0 Å². The normalized spacial score (nSPS) is 14.7. The second-order valence-corrected chi connectivity index (χ2v) is 2.32. The molecule has 18 heavy (non-hydrogen) atoms.